The van der Waals surface area contributed by atoms with Crippen molar-refractivity contribution >= 4 is 23.3 Å². The number of fused-ring (bicyclic) bond motifs is 1. The normalized spacial score (nSPS) is 11.4. The van der Waals surface area contributed by atoms with Crippen LogP contribution < -0.4 is 4.74 Å². The third kappa shape index (κ3) is 2.03. The summed E-state index contributed by atoms with van der Waals surface area (Å²) in [6.07, 6.45) is 1.97. The van der Waals surface area contributed by atoms with Crippen LogP contribution in [0.5, 0.6) is 5.75 Å². The van der Waals surface area contributed by atoms with Gasteiger partial charge in [-0.15, -0.1) is 0 Å². The zero-order chi connectivity index (χ0) is 13.3. The molecule has 1 aromatic heterocycles. The number of ether oxygens (including phenoxy) is 1. The van der Waals surface area contributed by atoms with Crippen LogP contribution in [0.1, 0.15) is 32.7 Å². The third-order valence-corrected chi connectivity index (χ3v) is 3.60. The Morgan fingerprint density at radius 1 is 1.39 bits per heavy atom. The van der Waals surface area contributed by atoms with Crippen molar-refractivity contribution in [3.05, 3.63) is 22.7 Å². The second-order valence-electron chi connectivity index (χ2n) is 4.27. The third-order valence-electron chi connectivity index (χ3n) is 3.30. The van der Waals surface area contributed by atoms with Crippen molar-refractivity contribution in [3.8, 4) is 5.75 Å². The van der Waals surface area contributed by atoms with Crippen molar-refractivity contribution in [2.45, 2.75) is 32.7 Å². The highest BCUT2D eigenvalue weighted by molar-refractivity contribution is 7.71. The molecule has 0 aliphatic carbocycles. The van der Waals surface area contributed by atoms with Crippen molar-refractivity contribution in [1.29, 1.82) is 0 Å². The maximum absolute atomic E-state index is 13.6. The molecule has 0 spiro atoms. The first-order chi connectivity index (χ1) is 8.62. The molecule has 2 rings (SSSR count). The number of H-pyrrole nitrogens is 1. The van der Waals surface area contributed by atoms with Crippen molar-refractivity contribution in [1.82, 2.24) is 9.55 Å². The van der Waals surface area contributed by atoms with Gasteiger partial charge in [-0.2, -0.15) is 0 Å². The van der Waals surface area contributed by atoms with E-state index >= 15 is 0 Å². The zero-order valence-corrected chi connectivity index (χ0v) is 11.6. The van der Waals surface area contributed by atoms with E-state index in [1.54, 1.807) is 6.07 Å². The highest BCUT2D eigenvalue weighted by atomic mass is 32.1. The summed E-state index contributed by atoms with van der Waals surface area (Å²) in [4.78, 5) is 3.05. The number of benzene rings is 1. The van der Waals surface area contributed by atoms with Crippen LogP contribution in [0.3, 0.4) is 0 Å². The molecule has 1 heterocycles. The van der Waals surface area contributed by atoms with Crippen LogP contribution in [0.25, 0.3) is 11.0 Å². The van der Waals surface area contributed by atoms with Crippen molar-refractivity contribution in [3.63, 3.8) is 0 Å². The monoisotopic (exact) mass is 268 g/mol. The van der Waals surface area contributed by atoms with Gasteiger partial charge in [-0.3, -0.25) is 0 Å². The molecule has 0 unspecified atom stereocenters. The molecule has 0 aliphatic rings. The van der Waals surface area contributed by atoms with Crippen LogP contribution in [-0.2, 0) is 0 Å². The van der Waals surface area contributed by atoms with Gasteiger partial charge >= 0.3 is 0 Å². The molecule has 0 radical (unpaired) electrons. The fourth-order valence-corrected chi connectivity index (χ4v) is 2.66. The van der Waals surface area contributed by atoms with Crippen LogP contribution in [0, 0.1) is 10.6 Å². The van der Waals surface area contributed by atoms with Crippen LogP contribution in [0.4, 0.5) is 4.39 Å². The Morgan fingerprint density at radius 2 is 2.06 bits per heavy atom. The smallest absolute Gasteiger partial charge is 0.178 e. The SMILES string of the molecule is CCC(CC)n1c(=S)[nH]c2cc(F)c(OC)cc21. The van der Waals surface area contributed by atoms with Crippen molar-refractivity contribution in [2.24, 2.45) is 0 Å². The summed E-state index contributed by atoms with van der Waals surface area (Å²) in [5.74, 6) is -0.130. The second-order valence-corrected chi connectivity index (χ2v) is 4.66. The molecule has 18 heavy (non-hydrogen) atoms. The van der Waals surface area contributed by atoms with E-state index in [2.05, 4.69) is 18.8 Å². The summed E-state index contributed by atoms with van der Waals surface area (Å²) in [6.45, 7) is 4.24. The molecule has 5 heteroatoms. The molecule has 0 fully saturated rings. The molecule has 0 bridgehead atoms. The Morgan fingerprint density at radius 3 is 2.61 bits per heavy atom. The highest BCUT2D eigenvalue weighted by Crippen LogP contribution is 2.28. The Kier molecular flexibility index (Phi) is 3.71. The van der Waals surface area contributed by atoms with Gasteiger partial charge in [0.05, 0.1) is 18.1 Å². The number of imidazole rings is 1. The molecule has 1 N–H and O–H groups in total. The van der Waals surface area contributed by atoms with Gasteiger partial charge in [0.1, 0.15) is 0 Å². The van der Waals surface area contributed by atoms with E-state index in [-0.39, 0.29) is 11.6 Å². The number of methoxy groups -OCH3 is 1. The number of aromatic amines is 1. The van der Waals surface area contributed by atoms with Crippen LogP contribution in [0.15, 0.2) is 12.1 Å². The van der Waals surface area contributed by atoms with Crippen molar-refractivity contribution in [2.75, 3.05) is 7.11 Å². The number of aromatic nitrogens is 2. The highest BCUT2D eigenvalue weighted by Gasteiger charge is 2.15. The Hall–Kier alpha value is -1.36. The van der Waals surface area contributed by atoms with Gasteiger partial charge in [-0.25, -0.2) is 4.39 Å². The van der Waals surface area contributed by atoms with Gasteiger partial charge in [0, 0.05) is 18.2 Å². The van der Waals surface area contributed by atoms with Crippen molar-refractivity contribution < 1.29 is 9.13 Å². The first kappa shape index (κ1) is 13.1. The van der Waals surface area contributed by atoms with Gasteiger partial charge < -0.3 is 14.3 Å². The lowest BCUT2D eigenvalue weighted by molar-refractivity contribution is 0.387. The zero-order valence-electron chi connectivity index (χ0n) is 10.8. The average Bonchev–Trinajstić information content (AvgIpc) is 2.66. The Balaban J connectivity index is 2.73. The largest absolute Gasteiger partial charge is 0.494 e. The minimum Gasteiger partial charge on any atom is -0.494 e. The fourth-order valence-electron chi connectivity index (χ4n) is 2.30. The van der Waals surface area contributed by atoms with Crippen LogP contribution in [-0.4, -0.2) is 16.7 Å². The molecule has 0 saturated heterocycles. The fraction of sp³-hybridized carbons (Fsp3) is 0.462. The standard InChI is InChI=1S/C13H17FN2OS/c1-4-8(5-2)16-11-7-12(17-3)9(14)6-10(11)15-13(16)18/h6-8H,4-5H2,1-3H3,(H,15,18). The van der Waals surface area contributed by atoms with Gasteiger partial charge in [0.15, 0.2) is 16.3 Å². The number of hydrogen-bond donors (Lipinski definition) is 1. The van der Waals surface area contributed by atoms with Gasteiger partial charge in [0.25, 0.3) is 0 Å². The second kappa shape index (κ2) is 5.10. The molecular formula is C13H17FN2OS. The van der Waals surface area contributed by atoms with E-state index in [1.807, 2.05) is 4.57 Å². The van der Waals surface area contributed by atoms with Crippen LogP contribution >= 0.6 is 12.2 Å². The molecule has 0 amide bonds. The molecule has 0 aliphatic heterocycles. The summed E-state index contributed by atoms with van der Waals surface area (Å²) >= 11 is 5.33. The summed E-state index contributed by atoms with van der Waals surface area (Å²) in [6, 6.07) is 3.46. The molecule has 0 saturated carbocycles. The topological polar surface area (TPSA) is 29.9 Å². The van der Waals surface area contributed by atoms with E-state index in [9.17, 15) is 4.39 Å². The van der Waals surface area contributed by atoms with E-state index < -0.39 is 0 Å². The summed E-state index contributed by atoms with van der Waals surface area (Å²) in [7, 11) is 1.47. The number of nitrogens with zero attached hydrogens (tertiary/aromatic N) is 1. The maximum Gasteiger partial charge on any atom is 0.178 e. The number of hydrogen-bond acceptors (Lipinski definition) is 2. The number of halogens is 1. The first-order valence-electron chi connectivity index (χ1n) is 6.10. The Labute approximate surface area is 111 Å². The molecule has 98 valence electrons. The van der Waals surface area contributed by atoms with E-state index in [4.69, 9.17) is 17.0 Å². The van der Waals surface area contributed by atoms with E-state index in [0.717, 1.165) is 18.4 Å². The predicted octanol–water partition coefficient (Wildman–Crippen LogP) is 4.21. The minimum absolute atomic E-state index is 0.246. The van der Waals surface area contributed by atoms with Gasteiger partial charge in [-0.1, -0.05) is 13.8 Å². The lowest BCUT2D eigenvalue weighted by atomic mass is 10.1. The lowest BCUT2D eigenvalue weighted by Crippen LogP contribution is -2.06. The number of rotatable bonds is 4. The summed E-state index contributed by atoms with van der Waals surface area (Å²) in [5, 5.41) is 0. The van der Waals surface area contributed by atoms with Crippen LogP contribution in [0.2, 0.25) is 0 Å². The molecule has 2 aromatic rings. The maximum atomic E-state index is 13.6. The van der Waals surface area contributed by atoms with E-state index in [1.165, 1.54) is 13.2 Å². The summed E-state index contributed by atoms with van der Waals surface area (Å²) < 4.78 is 21.3. The minimum atomic E-state index is -0.377. The van der Waals surface area contributed by atoms with Gasteiger partial charge in [-0.05, 0) is 25.1 Å². The average molecular weight is 268 g/mol. The first-order valence-corrected chi connectivity index (χ1v) is 6.50. The molecule has 3 nitrogen and oxygen atoms in total. The molecular weight excluding hydrogens is 251 g/mol. The number of nitrogens with one attached hydrogen (secondary N) is 1. The summed E-state index contributed by atoms with van der Waals surface area (Å²) in [5.41, 5.74) is 1.61. The quantitative estimate of drug-likeness (QED) is 0.842. The Bertz CT molecular complexity index is 613. The van der Waals surface area contributed by atoms with E-state index in [0.29, 0.717) is 16.3 Å². The van der Waals surface area contributed by atoms with Gasteiger partial charge in [0.2, 0.25) is 0 Å². The molecule has 1 aromatic carbocycles. The lowest BCUT2D eigenvalue weighted by Gasteiger charge is -2.15. The predicted molar refractivity (Wildman–Crippen MR) is 73.3 cm³/mol. The molecule has 0 atom stereocenters.